The van der Waals surface area contributed by atoms with Crippen molar-refractivity contribution in [2.24, 2.45) is 12.8 Å². The number of aryl methyl sites for hydroxylation is 2. The fourth-order valence-electron chi connectivity index (χ4n) is 2.69. The topological polar surface area (TPSA) is 103 Å². The molecule has 0 bridgehead atoms. The number of anilines is 2. The predicted molar refractivity (Wildman–Crippen MR) is 91.5 cm³/mol. The molecular weight excluding hydrogens is 306 g/mol. The minimum Gasteiger partial charge on any atom is -0.365 e. The second-order valence-electron chi connectivity index (χ2n) is 5.58. The minimum absolute atomic E-state index is 0.0359. The third-order valence-corrected chi connectivity index (χ3v) is 3.83. The lowest BCUT2D eigenvalue weighted by molar-refractivity contribution is 0.0996. The maximum Gasteiger partial charge on any atom is 0.252 e. The van der Waals surface area contributed by atoms with Crippen LogP contribution in [0.4, 0.5) is 11.4 Å². The van der Waals surface area contributed by atoms with Crippen LogP contribution in [0, 0.1) is 6.92 Å². The molecule has 3 aromatic rings. The third-order valence-electron chi connectivity index (χ3n) is 3.83. The number of ketones is 1. The van der Waals surface area contributed by atoms with Crippen molar-refractivity contribution in [3.63, 3.8) is 0 Å². The average molecular weight is 323 g/mol. The summed E-state index contributed by atoms with van der Waals surface area (Å²) in [6.45, 7) is 3.34. The van der Waals surface area contributed by atoms with E-state index in [1.807, 2.05) is 13.0 Å². The van der Waals surface area contributed by atoms with Crippen LogP contribution in [0.25, 0.3) is 11.0 Å². The lowest BCUT2D eigenvalue weighted by Gasteiger charge is -2.12. The maximum absolute atomic E-state index is 11.8. The van der Waals surface area contributed by atoms with Gasteiger partial charge >= 0.3 is 0 Å². The summed E-state index contributed by atoms with van der Waals surface area (Å²) in [6.07, 6.45) is 1.43. The third kappa shape index (κ3) is 2.60. The Labute approximate surface area is 138 Å². The van der Waals surface area contributed by atoms with Crippen molar-refractivity contribution < 1.29 is 9.59 Å². The van der Waals surface area contributed by atoms with E-state index in [0.29, 0.717) is 22.6 Å². The SMILES string of the molecule is CC(=O)c1cccc(Nc2c(C(N)=O)cnc3c2c(C)nn3C)c1. The van der Waals surface area contributed by atoms with Gasteiger partial charge < -0.3 is 11.1 Å². The number of nitrogens with zero attached hydrogens (tertiary/aromatic N) is 3. The molecule has 0 aliphatic rings. The van der Waals surface area contributed by atoms with Gasteiger partial charge in [0.2, 0.25) is 0 Å². The molecule has 7 heteroatoms. The number of amides is 1. The average Bonchev–Trinajstić information content (AvgIpc) is 2.82. The van der Waals surface area contributed by atoms with E-state index in [9.17, 15) is 9.59 Å². The molecule has 0 spiro atoms. The number of carbonyl (C=O) groups is 2. The van der Waals surface area contributed by atoms with Crippen molar-refractivity contribution in [1.82, 2.24) is 14.8 Å². The van der Waals surface area contributed by atoms with Crippen molar-refractivity contribution in [2.75, 3.05) is 5.32 Å². The smallest absolute Gasteiger partial charge is 0.252 e. The van der Waals surface area contributed by atoms with Crippen LogP contribution in [0.1, 0.15) is 33.3 Å². The van der Waals surface area contributed by atoms with Crippen LogP contribution < -0.4 is 11.1 Å². The van der Waals surface area contributed by atoms with Gasteiger partial charge in [0.05, 0.1) is 22.3 Å². The number of fused-ring (bicyclic) bond motifs is 1. The molecule has 0 atom stereocenters. The molecule has 3 rings (SSSR count). The first-order valence-corrected chi connectivity index (χ1v) is 7.38. The molecule has 122 valence electrons. The zero-order valence-electron chi connectivity index (χ0n) is 13.6. The zero-order valence-corrected chi connectivity index (χ0v) is 13.6. The number of rotatable bonds is 4. The number of nitrogens with two attached hydrogens (primary N) is 1. The van der Waals surface area contributed by atoms with E-state index in [-0.39, 0.29) is 11.3 Å². The summed E-state index contributed by atoms with van der Waals surface area (Å²) in [7, 11) is 1.78. The van der Waals surface area contributed by atoms with Crippen molar-refractivity contribution >= 4 is 34.1 Å². The number of hydrogen-bond donors (Lipinski definition) is 2. The van der Waals surface area contributed by atoms with E-state index in [2.05, 4.69) is 15.4 Å². The van der Waals surface area contributed by atoms with Gasteiger partial charge in [-0.2, -0.15) is 5.10 Å². The van der Waals surface area contributed by atoms with Gasteiger partial charge in [-0.15, -0.1) is 0 Å². The summed E-state index contributed by atoms with van der Waals surface area (Å²) in [5, 5.41) is 8.27. The summed E-state index contributed by atoms with van der Waals surface area (Å²) in [5.74, 6) is -0.621. The van der Waals surface area contributed by atoms with Crippen LogP contribution in [-0.4, -0.2) is 26.5 Å². The predicted octanol–water partition coefficient (Wildman–Crippen LogP) is 2.32. The van der Waals surface area contributed by atoms with E-state index >= 15 is 0 Å². The molecule has 0 aliphatic heterocycles. The quantitative estimate of drug-likeness (QED) is 0.717. The van der Waals surface area contributed by atoms with Gasteiger partial charge in [-0.05, 0) is 26.0 Å². The number of benzene rings is 1. The lowest BCUT2D eigenvalue weighted by Crippen LogP contribution is -2.14. The summed E-state index contributed by atoms with van der Waals surface area (Å²) in [4.78, 5) is 27.7. The summed E-state index contributed by atoms with van der Waals surface area (Å²) in [5.41, 5.74) is 8.94. The Kier molecular flexibility index (Phi) is 3.76. The van der Waals surface area contributed by atoms with Gasteiger partial charge in [0, 0.05) is 24.5 Å². The number of aromatic nitrogens is 3. The van der Waals surface area contributed by atoms with Crippen LogP contribution in [0.15, 0.2) is 30.5 Å². The highest BCUT2D eigenvalue weighted by Gasteiger charge is 2.18. The van der Waals surface area contributed by atoms with Gasteiger partial charge in [-0.3, -0.25) is 14.3 Å². The highest BCUT2D eigenvalue weighted by Crippen LogP contribution is 2.31. The molecule has 0 fully saturated rings. The van der Waals surface area contributed by atoms with E-state index < -0.39 is 5.91 Å². The van der Waals surface area contributed by atoms with E-state index in [0.717, 1.165) is 11.1 Å². The Morgan fingerprint density at radius 2 is 2.04 bits per heavy atom. The van der Waals surface area contributed by atoms with Crippen LogP contribution in [0.2, 0.25) is 0 Å². The molecule has 3 N–H and O–H groups in total. The fraction of sp³-hybridized carbons (Fsp3) is 0.176. The second kappa shape index (κ2) is 5.77. The standard InChI is InChI=1S/C17H17N5O2/c1-9-14-15(20-12-6-4-5-11(7-12)10(2)23)13(16(18)24)8-19-17(14)22(3)21-9/h4-8H,1-3H3,(H2,18,24)(H,19,20). The molecule has 1 amide bonds. The van der Waals surface area contributed by atoms with Gasteiger partial charge in [-0.25, -0.2) is 4.98 Å². The number of primary amides is 1. The molecule has 2 heterocycles. The Balaban J connectivity index is 2.20. The van der Waals surface area contributed by atoms with Gasteiger partial charge in [0.15, 0.2) is 11.4 Å². The molecule has 0 saturated carbocycles. The maximum atomic E-state index is 11.8. The van der Waals surface area contributed by atoms with E-state index in [1.165, 1.54) is 13.1 Å². The van der Waals surface area contributed by atoms with E-state index in [1.54, 1.807) is 29.9 Å². The molecule has 7 nitrogen and oxygen atoms in total. The number of Topliss-reactive ketones (excluding diaryl/α,β-unsaturated/α-hetero) is 1. The van der Waals surface area contributed by atoms with Crippen molar-refractivity contribution in [1.29, 1.82) is 0 Å². The van der Waals surface area contributed by atoms with Crippen LogP contribution in [0.3, 0.4) is 0 Å². The van der Waals surface area contributed by atoms with Crippen LogP contribution >= 0.6 is 0 Å². The lowest BCUT2D eigenvalue weighted by atomic mass is 10.1. The Morgan fingerprint density at radius 1 is 1.29 bits per heavy atom. The molecule has 0 saturated heterocycles. The molecular formula is C17H17N5O2. The first-order chi connectivity index (χ1) is 11.4. The highest BCUT2D eigenvalue weighted by atomic mass is 16.1. The first kappa shape index (κ1) is 15.7. The minimum atomic E-state index is -0.585. The number of pyridine rings is 1. The van der Waals surface area contributed by atoms with E-state index in [4.69, 9.17) is 5.73 Å². The van der Waals surface area contributed by atoms with Crippen molar-refractivity contribution in [2.45, 2.75) is 13.8 Å². The van der Waals surface area contributed by atoms with Gasteiger partial charge in [0.1, 0.15) is 0 Å². The Hall–Kier alpha value is -3.22. The normalized spacial score (nSPS) is 10.8. The molecule has 24 heavy (non-hydrogen) atoms. The molecule has 0 unspecified atom stereocenters. The number of hydrogen-bond acceptors (Lipinski definition) is 5. The fourth-order valence-corrected chi connectivity index (χ4v) is 2.69. The molecule has 2 aromatic heterocycles. The van der Waals surface area contributed by atoms with Crippen LogP contribution in [-0.2, 0) is 7.05 Å². The highest BCUT2D eigenvalue weighted by molar-refractivity contribution is 6.07. The largest absolute Gasteiger partial charge is 0.365 e. The van der Waals surface area contributed by atoms with Gasteiger partial charge in [0.25, 0.3) is 5.91 Å². The van der Waals surface area contributed by atoms with Crippen molar-refractivity contribution in [3.8, 4) is 0 Å². The number of carbonyl (C=O) groups excluding carboxylic acids is 2. The monoisotopic (exact) mass is 323 g/mol. The van der Waals surface area contributed by atoms with Gasteiger partial charge in [-0.1, -0.05) is 12.1 Å². The molecule has 1 aromatic carbocycles. The van der Waals surface area contributed by atoms with Crippen molar-refractivity contribution in [3.05, 3.63) is 47.3 Å². The summed E-state index contributed by atoms with van der Waals surface area (Å²) >= 11 is 0. The Bertz CT molecular complexity index is 975. The van der Waals surface area contributed by atoms with Crippen LogP contribution in [0.5, 0.6) is 0 Å². The number of nitrogens with one attached hydrogen (secondary N) is 1. The molecule has 0 radical (unpaired) electrons. The first-order valence-electron chi connectivity index (χ1n) is 7.38. The second-order valence-corrected chi connectivity index (χ2v) is 5.58. The zero-order chi connectivity index (χ0) is 17.4. The summed E-state index contributed by atoms with van der Waals surface area (Å²) in [6, 6.07) is 7.05. The Morgan fingerprint density at radius 3 is 2.71 bits per heavy atom. The molecule has 0 aliphatic carbocycles. The summed E-state index contributed by atoms with van der Waals surface area (Å²) < 4.78 is 1.65.